The van der Waals surface area contributed by atoms with Gasteiger partial charge in [-0.1, -0.05) is 0 Å². The summed E-state index contributed by atoms with van der Waals surface area (Å²) >= 11 is 0. The second-order valence-corrected chi connectivity index (χ2v) is 7.94. The maximum absolute atomic E-state index is 6.31. The first-order valence-corrected chi connectivity index (χ1v) is 11.6. The molecule has 1 aliphatic heterocycles. The van der Waals surface area contributed by atoms with Crippen LogP contribution in [-0.2, 0) is 0 Å². The number of nitrogens with zero attached hydrogens (tertiary/aromatic N) is 4. The zero-order valence-corrected chi connectivity index (χ0v) is 19.8. The first-order chi connectivity index (χ1) is 15.6. The van der Waals surface area contributed by atoms with E-state index in [1.807, 2.05) is 12.1 Å². The molecule has 1 aliphatic carbocycles. The molecule has 5 nitrogen and oxygen atoms in total. The van der Waals surface area contributed by atoms with Crippen LogP contribution in [0.25, 0.3) is 22.6 Å². The molecule has 166 valence electrons. The number of fused-ring (bicyclic) bond motifs is 2. The Labute approximate surface area is 190 Å². The Balaban J connectivity index is 1.71. The van der Waals surface area contributed by atoms with Crippen LogP contribution in [0.2, 0.25) is 0 Å². The van der Waals surface area contributed by atoms with Gasteiger partial charge in [-0.25, -0.2) is 9.56 Å². The van der Waals surface area contributed by atoms with Gasteiger partial charge in [0.2, 0.25) is 5.36 Å². The third-order valence-electron chi connectivity index (χ3n) is 6.23. The third-order valence-corrected chi connectivity index (χ3v) is 6.23. The Morgan fingerprint density at radius 3 is 2.09 bits per heavy atom. The molecule has 0 amide bonds. The summed E-state index contributed by atoms with van der Waals surface area (Å²) in [6.45, 7) is 12.6. The molecule has 4 rings (SSSR count). The van der Waals surface area contributed by atoms with Crippen molar-refractivity contribution in [3.63, 3.8) is 0 Å². The van der Waals surface area contributed by atoms with Crippen molar-refractivity contribution < 1.29 is 4.42 Å². The fourth-order valence-corrected chi connectivity index (χ4v) is 4.22. The Hall–Kier alpha value is -3.34. The summed E-state index contributed by atoms with van der Waals surface area (Å²) in [5.41, 5.74) is 5.98. The van der Waals surface area contributed by atoms with Gasteiger partial charge >= 0.3 is 0 Å². The van der Waals surface area contributed by atoms with Crippen LogP contribution < -0.4 is 19.7 Å². The molecule has 0 fully saturated rings. The van der Waals surface area contributed by atoms with Crippen molar-refractivity contribution in [2.75, 3.05) is 43.0 Å². The molecular formula is C27H33N4O+. The molecule has 0 saturated heterocycles. The number of benzene rings is 3. The minimum atomic E-state index is 0.790. The van der Waals surface area contributed by atoms with Crippen LogP contribution in [0.15, 0.2) is 65.1 Å². The predicted octanol–water partition coefficient (Wildman–Crippen LogP) is 5.36. The van der Waals surface area contributed by atoms with Crippen LogP contribution in [0, 0.1) is 0 Å². The lowest BCUT2D eigenvalue weighted by Crippen LogP contribution is -2.29. The van der Waals surface area contributed by atoms with E-state index in [4.69, 9.17) is 9.40 Å². The SMILES string of the molecule is CCN(CC)c1ccc(N(C)c2ccc3nc4ccc(=[N+](CC)CC)cc-4oc3c2)cc1. The van der Waals surface area contributed by atoms with Gasteiger partial charge in [0.05, 0.1) is 6.07 Å². The summed E-state index contributed by atoms with van der Waals surface area (Å²) in [4.78, 5) is 9.34. The summed E-state index contributed by atoms with van der Waals surface area (Å²) in [7, 11) is 2.08. The molecule has 0 radical (unpaired) electrons. The van der Waals surface area contributed by atoms with Crippen LogP contribution in [0.1, 0.15) is 27.7 Å². The van der Waals surface area contributed by atoms with Crippen LogP contribution in [0.3, 0.4) is 0 Å². The molecule has 0 bridgehead atoms. The number of anilines is 3. The van der Waals surface area contributed by atoms with E-state index in [1.54, 1.807) is 0 Å². The molecule has 1 heterocycles. The maximum Gasteiger partial charge on any atom is 0.203 e. The minimum absolute atomic E-state index is 0.790. The molecule has 0 N–H and O–H groups in total. The lowest BCUT2D eigenvalue weighted by molar-refractivity contribution is 0.600. The van der Waals surface area contributed by atoms with E-state index in [-0.39, 0.29) is 0 Å². The number of hydrogen-bond acceptors (Lipinski definition) is 4. The van der Waals surface area contributed by atoms with Gasteiger partial charge in [-0.15, -0.1) is 0 Å². The van der Waals surface area contributed by atoms with Crippen molar-refractivity contribution in [3.8, 4) is 11.5 Å². The fourth-order valence-electron chi connectivity index (χ4n) is 4.22. The third kappa shape index (κ3) is 4.20. The van der Waals surface area contributed by atoms with Gasteiger partial charge in [-0.3, -0.25) is 0 Å². The van der Waals surface area contributed by atoms with Crippen molar-refractivity contribution in [3.05, 3.63) is 66.0 Å². The highest BCUT2D eigenvalue weighted by molar-refractivity contribution is 5.81. The molecule has 0 saturated carbocycles. The molecule has 2 aliphatic rings. The fraction of sp³-hybridized carbons (Fsp3) is 0.333. The van der Waals surface area contributed by atoms with Crippen molar-refractivity contribution in [2.45, 2.75) is 27.7 Å². The Morgan fingerprint density at radius 2 is 1.44 bits per heavy atom. The van der Waals surface area contributed by atoms with Gasteiger partial charge < -0.3 is 14.2 Å². The van der Waals surface area contributed by atoms with Gasteiger partial charge in [0.25, 0.3) is 0 Å². The van der Waals surface area contributed by atoms with Crippen LogP contribution in [-0.4, -0.2) is 38.2 Å². The van der Waals surface area contributed by atoms with E-state index in [9.17, 15) is 0 Å². The second kappa shape index (κ2) is 9.43. The van der Waals surface area contributed by atoms with Crippen molar-refractivity contribution in [2.24, 2.45) is 0 Å². The average molecular weight is 430 g/mol. The zero-order chi connectivity index (χ0) is 22.7. The molecule has 0 unspecified atom stereocenters. The quantitative estimate of drug-likeness (QED) is 0.293. The molecule has 2 aromatic rings. The summed E-state index contributed by atoms with van der Waals surface area (Å²) in [5.74, 6) is 0.810. The highest BCUT2D eigenvalue weighted by Gasteiger charge is 2.13. The van der Waals surface area contributed by atoms with Gasteiger partial charge in [-0.05, 0) is 70.2 Å². The van der Waals surface area contributed by atoms with Crippen LogP contribution >= 0.6 is 0 Å². The van der Waals surface area contributed by atoms with E-state index >= 15 is 0 Å². The molecule has 0 spiro atoms. The van der Waals surface area contributed by atoms with Crippen molar-refractivity contribution in [1.82, 2.24) is 9.56 Å². The molecule has 0 atom stereocenters. The lowest BCUT2D eigenvalue weighted by Gasteiger charge is -2.24. The largest absolute Gasteiger partial charge is 0.452 e. The van der Waals surface area contributed by atoms with E-state index in [0.29, 0.717) is 0 Å². The van der Waals surface area contributed by atoms with Gasteiger partial charge in [0.15, 0.2) is 11.3 Å². The molecule has 0 aromatic heterocycles. The van der Waals surface area contributed by atoms with Gasteiger partial charge in [0, 0.05) is 49.3 Å². The van der Waals surface area contributed by atoms with Crippen molar-refractivity contribution in [1.29, 1.82) is 0 Å². The number of hydrogen-bond donors (Lipinski definition) is 0. The zero-order valence-electron chi connectivity index (χ0n) is 19.8. The van der Waals surface area contributed by atoms with Gasteiger partial charge in [-0.2, -0.15) is 0 Å². The van der Waals surface area contributed by atoms with E-state index in [1.165, 1.54) is 5.69 Å². The number of rotatable bonds is 7. The van der Waals surface area contributed by atoms with E-state index in [0.717, 1.165) is 65.5 Å². The van der Waals surface area contributed by atoms with E-state index < -0.39 is 0 Å². The summed E-state index contributed by atoms with van der Waals surface area (Å²) in [6, 6.07) is 21.2. The van der Waals surface area contributed by atoms with E-state index in [2.05, 4.69) is 97.6 Å². The lowest BCUT2D eigenvalue weighted by atomic mass is 10.2. The first kappa shape index (κ1) is 21.9. The summed E-state index contributed by atoms with van der Waals surface area (Å²) in [5, 5.41) is 1.16. The molecular weight excluding hydrogens is 396 g/mol. The Morgan fingerprint density at radius 1 is 0.781 bits per heavy atom. The maximum atomic E-state index is 6.31. The highest BCUT2D eigenvalue weighted by atomic mass is 16.3. The normalized spacial score (nSPS) is 11.2. The first-order valence-electron chi connectivity index (χ1n) is 11.6. The Bertz CT molecular complexity index is 1230. The second-order valence-electron chi connectivity index (χ2n) is 7.94. The molecule has 32 heavy (non-hydrogen) atoms. The minimum Gasteiger partial charge on any atom is -0.452 e. The Kier molecular flexibility index (Phi) is 6.45. The summed E-state index contributed by atoms with van der Waals surface area (Å²) < 4.78 is 8.62. The smallest absolute Gasteiger partial charge is 0.203 e. The van der Waals surface area contributed by atoms with Crippen molar-refractivity contribution >= 4 is 28.2 Å². The number of aromatic nitrogens is 1. The standard InChI is InChI=1S/C27H33N4O/c1-6-30(7-2)21-12-10-20(11-13-21)29(5)22-14-16-24-26(18-22)32-27-19-23(31(8-3)9-4)15-17-25(27)28-24/h10-19H,6-9H2,1-5H3/q+1. The molecule has 5 heteroatoms. The average Bonchev–Trinajstić information content (AvgIpc) is 2.84. The molecule has 2 aromatic carbocycles. The summed E-state index contributed by atoms with van der Waals surface area (Å²) in [6.07, 6.45) is 0. The highest BCUT2D eigenvalue weighted by Crippen LogP contribution is 2.30. The monoisotopic (exact) mass is 429 g/mol. The predicted molar refractivity (Wildman–Crippen MR) is 135 cm³/mol. The topological polar surface area (TPSA) is 35.5 Å². The van der Waals surface area contributed by atoms with Crippen LogP contribution in [0.4, 0.5) is 17.1 Å². The van der Waals surface area contributed by atoms with Crippen LogP contribution in [0.5, 0.6) is 0 Å². The van der Waals surface area contributed by atoms with Gasteiger partial charge in [0.1, 0.15) is 24.3 Å².